The van der Waals surface area contributed by atoms with Crippen LogP contribution in [-0.4, -0.2) is 41.3 Å². The van der Waals surface area contributed by atoms with Crippen molar-refractivity contribution in [3.63, 3.8) is 0 Å². The first-order valence-corrected chi connectivity index (χ1v) is 8.49. The van der Waals surface area contributed by atoms with Gasteiger partial charge in [-0.05, 0) is 61.9 Å². The zero-order chi connectivity index (χ0) is 20.1. The summed E-state index contributed by atoms with van der Waals surface area (Å²) in [6.07, 6.45) is 1.65. The molecule has 0 N–H and O–H groups in total. The van der Waals surface area contributed by atoms with Crippen molar-refractivity contribution in [2.75, 3.05) is 14.2 Å². The van der Waals surface area contributed by atoms with Crippen molar-refractivity contribution in [3.05, 3.63) is 65.2 Å². The van der Waals surface area contributed by atoms with Crippen molar-refractivity contribution in [3.8, 4) is 17.2 Å². The summed E-state index contributed by atoms with van der Waals surface area (Å²) in [6.45, 7) is 3.64. The van der Waals surface area contributed by atoms with Crippen molar-refractivity contribution in [2.24, 2.45) is 5.10 Å². The monoisotopic (exact) mass is 380 g/mol. The normalized spacial score (nSPS) is 10.9. The summed E-state index contributed by atoms with van der Waals surface area (Å²) in [4.78, 5) is 12.4. The minimum atomic E-state index is -0.488. The number of ether oxygens (including phenoxy) is 3. The van der Waals surface area contributed by atoms with Crippen LogP contribution in [0.3, 0.4) is 0 Å². The summed E-state index contributed by atoms with van der Waals surface area (Å²) in [5, 5.41) is 12.3. The number of aromatic nitrogens is 3. The highest BCUT2D eigenvalue weighted by atomic mass is 16.6. The Morgan fingerprint density at radius 2 is 1.64 bits per heavy atom. The second kappa shape index (κ2) is 8.34. The zero-order valence-corrected chi connectivity index (χ0v) is 16.0. The predicted molar refractivity (Wildman–Crippen MR) is 103 cm³/mol. The molecule has 0 atom stereocenters. The maximum atomic E-state index is 12.4. The third-order valence-electron chi connectivity index (χ3n) is 3.99. The van der Waals surface area contributed by atoms with Gasteiger partial charge in [0.05, 0.1) is 26.0 Å². The second-order valence-electron chi connectivity index (χ2n) is 5.88. The van der Waals surface area contributed by atoms with Crippen LogP contribution in [0, 0.1) is 13.8 Å². The lowest BCUT2D eigenvalue weighted by atomic mass is 10.2. The van der Waals surface area contributed by atoms with E-state index in [0.29, 0.717) is 34.5 Å². The highest BCUT2D eigenvalue weighted by Crippen LogP contribution is 2.28. The lowest BCUT2D eigenvalue weighted by Gasteiger charge is -2.10. The molecule has 28 heavy (non-hydrogen) atoms. The van der Waals surface area contributed by atoms with E-state index in [1.807, 2.05) is 13.8 Å². The molecule has 0 saturated carbocycles. The van der Waals surface area contributed by atoms with E-state index in [9.17, 15) is 4.79 Å². The molecule has 8 nitrogen and oxygen atoms in total. The Hall–Kier alpha value is -3.68. The van der Waals surface area contributed by atoms with Gasteiger partial charge in [0, 0.05) is 0 Å². The summed E-state index contributed by atoms with van der Waals surface area (Å²) in [5.74, 6) is 2.28. The number of methoxy groups -OCH3 is 2. The van der Waals surface area contributed by atoms with Crippen molar-refractivity contribution in [1.82, 2.24) is 14.9 Å². The standard InChI is InChI=1S/C20H20N4O4/c1-13-22-23-14(2)24(13)21-12-15-5-10-18(19(11-15)27-4)28-20(25)16-6-8-17(26-3)9-7-16/h5-12H,1-4H3. The predicted octanol–water partition coefficient (Wildman–Crippen LogP) is 3.01. The van der Waals surface area contributed by atoms with Gasteiger partial charge >= 0.3 is 5.97 Å². The molecule has 0 aliphatic rings. The van der Waals surface area contributed by atoms with E-state index in [1.54, 1.807) is 60.5 Å². The van der Waals surface area contributed by atoms with Crippen molar-refractivity contribution < 1.29 is 19.0 Å². The number of esters is 1. The zero-order valence-electron chi connectivity index (χ0n) is 16.0. The Balaban J connectivity index is 1.78. The van der Waals surface area contributed by atoms with Gasteiger partial charge in [-0.3, -0.25) is 0 Å². The smallest absolute Gasteiger partial charge is 0.343 e. The van der Waals surface area contributed by atoms with Crippen molar-refractivity contribution in [2.45, 2.75) is 13.8 Å². The molecule has 3 aromatic rings. The Morgan fingerprint density at radius 3 is 2.25 bits per heavy atom. The molecule has 8 heteroatoms. The minimum Gasteiger partial charge on any atom is -0.497 e. The molecule has 0 bridgehead atoms. The highest BCUT2D eigenvalue weighted by Gasteiger charge is 2.13. The Bertz CT molecular complexity index is 990. The molecule has 0 aliphatic heterocycles. The highest BCUT2D eigenvalue weighted by molar-refractivity contribution is 5.91. The number of carbonyl (C=O) groups is 1. The Labute approximate surface area is 162 Å². The van der Waals surface area contributed by atoms with Crippen LogP contribution < -0.4 is 14.2 Å². The number of carbonyl (C=O) groups excluding carboxylic acids is 1. The van der Waals surface area contributed by atoms with E-state index in [-0.39, 0.29) is 0 Å². The fraction of sp³-hybridized carbons (Fsp3) is 0.200. The SMILES string of the molecule is COc1ccc(C(=O)Oc2ccc(C=Nn3c(C)nnc3C)cc2OC)cc1. The van der Waals surface area contributed by atoms with Gasteiger partial charge in [0.1, 0.15) is 5.75 Å². The topological polar surface area (TPSA) is 87.8 Å². The van der Waals surface area contributed by atoms with Crippen LogP contribution in [-0.2, 0) is 0 Å². The maximum absolute atomic E-state index is 12.4. The van der Waals surface area contributed by atoms with Crippen LogP contribution in [0.4, 0.5) is 0 Å². The maximum Gasteiger partial charge on any atom is 0.343 e. The van der Waals surface area contributed by atoms with Crippen LogP contribution in [0.2, 0.25) is 0 Å². The summed E-state index contributed by atoms with van der Waals surface area (Å²) in [6, 6.07) is 11.8. The van der Waals surface area contributed by atoms with Crippen LogP contribution in [0.1, 0.15) is 27.6 Å². The van der Waals surface area contributed by atoms with E-state index in [0.717, 1.165) is 5.56 Å². The number of rotatable bonds is 6. The van der Waals surface area contributed by atoms with Crippen LogP contribution >= 0.6 is 0 Å². The van der Waals surface area contributed by atoms with Crippen LogP contribution in [0.15, 0.2) is 47.6 Å². The largest absolute Gasteiger partial charge is 0.497 e. The average Bonchev–Trinajstić information content (AvgIpc) is 3.04. The van der Waals surface area contributed by atoms with Gasteiger partial charge in [-0.1, -0.05) is 0 Å². The van der Waals surface area contributed by atoms with Gasteiger partial charge in [-0.25, -0.2) is 9.47 Å². The number of hydrogen-bond donors (Lipinski definition) is 0. The molecule has 0 fully saturated rings. The quantitative estimate of drug-likeness (QED) is 0.371. The Kier molecular flexibility index (Phi) is 5.69. The second-order valence-corrected chi connectivity index (χ2v) is 5.88. The lowest BCUT2D eigenvalue weighted by molar-refractivity contribution is 0.0729. The molecule has 3 rings (SSSR count). The van der Waals surface area contributed by atoms with Gasteiger partial charge in [-0.2, -0.15) is 5.10 Å². The first-order valence-electron chi connectivity index (χ1n) is 8.49. The molecule has 0 amide bonds. The first-order chi connectivity index (χ1) is 13.5. The fourth-order valence-electron chi connectivity index (χ4n) is 2.49. The number of nitrogens with zero attached hydrogens (tertiary/aromatic N) is 4. The molecule has 2 aromatic carbocycles. The molecule has 0 spiro atoms. The van der Waals surface area contributed by atoms with E-state index >= 15 is 0 Å². The molecular formula is C20H20N4O4. The van der Waals surface area contributed by atoms with E-state index in [4.69, 9.17) is 14.2 Å². The first kappa shape index (κ1) is 19.1. The molecule has 1 aromatic heterocycles. The number of aryl methyl sites for hydroxylation is 2. The molecule has 0 unspecified atom stereocenters. The fourth-order valence-corrected chi connectivity index (χ4v) is 2.49. The summed E-state index contributed by atoms with van der Waals surface area (Å²) in [7, 11) is 3.07. The van der Waals surface area contributed by atoms with Gasteiger partial charge in [0.2, 0.25) is 0 Å². The molecule has 1 heterocycles. The summed E-state index contributed by atoms with van der Waals surface area (Å²) >= 11 is 0. The van der Waals surface area contributed by atoms with E-state index in [2.05, 4.69) is 15.3 Å². The molecule has 0 radical (unpaired) electrons. The summed E-state index contributed by atoms with van der Waals surface area (Å²) < 4.78 is 17.5. The van der Waals surface area contributed by atoms with Crippen molar-refractivity contribution in [1.29, 1.82) is 0 Å². The third kappa shape index (κ3) is 4.17. The van der Waals surface area contributed by atoms with Gasteiger partial charge in [0.15, 0.2) is 23.1 Å². The van der Waals surface area contributed by atoms with Crippen molar-refractivity contribution >= 4 is 12.2 Å². The van der Waals surface area contributed by atoms with E-state index in [1.165, 1.54) is 7.11 Å². The van der Waals surface area contributed by atoms with Gasteiger partial charge in [0.25, 0.3) is 0 Å². The molecular weight excluding hydrogens is 360 g/mol. The molecule has 144 valence electrons. The molecule has 0 aliphatic carbocycles. The molecule has 0 saturated heterocycles. The van der Waals surface area contributed by atoms with E-state index < -0.39 is 5.97 Å². The number of hydrogen-bond acceptors (Lipinski definition) is 7. The minimum absolute atomic E-state index is 0.317. The average molecular weight is 380 g/mol. The van der Waals surface area contributed by atoms with Gasteiger partial charge in [-0.15, -0.1) is 10.2 Å². The Morgan fingerprint density at radius 1 is 0.964 bits per heavy atom. The lowest BCUT2D eigenvalue weighted by Crippen LogP contribution is -2.09. The van der Waals surface area contributed by atoms with Gasteiger partial charge < -0.3 is 14.2 Å². The third-order valence-corrected chi connectivity index (χ3v) is 3.99. The van der Waals surface area contributed by atoms with Crippen LogP contribution in [0.25, 0.3) is 0 Å². The number of benzene rings is 2. The van der Waals surface area contributed by atoms with Crippen LogP contribution in [0.5, 0.6) is 17.2 Å². The summed E-state index contributed by atoms with van der Waals surface area (Å²) in [5.41, 5.74) is 1.18.